The van der Waals surface area contributed by atoms with Crippen molar-refractivity contribution in [1.82, 2.24) is 9.80 Å². The lowest BCUT2D eigenvalue weighted by atomic mass is 10.1. The Kier molecular flexibility index (Phi) is 33.5. The Hall–Kier alpha value is -0.560. The molecule has 2 aliphatic rings. The van der Waals surface area contributed by atoms with E-state index in [0.29, 0.717) is 0 Å². The number of likely N-dealkylation sites (tertiary alicyclic amines) is 2. The number of β-amino-alcohol motifs (C(OH)–C–C–N with tert-alkyl or cyclic N) is 2. The molecule has 0 bridgehead atoms. The number of piperidine rings is 2. The van der Waals surface area contributed by atoms with Crippen LogP contribution in [0.15, 0.2) is 0 Å². The van der Waals surface area contributed by atoms with Gasteiger partial charge in [-0.15, -0.1) is 0 Å². The van der Waals surface area contributed by atoms with Crippen LogP contribution < -0.4 is 0 Å². The molecule has 0 aromatic heterocycles. The Morgan fingerprint density at radius 2 is 0.936 bits per heavy atom. The molecule has 2 aliphatic heterocycles. The van der Waals surface area contributed by atoms with E-state index in [4.69, 9.17) is 15.3 Å². The summed E-state index contributed by atoms with van der Waals surface area (Å²) >= 11 is 3.87. The van der Waals surface area contributed by atoms with Crippen molar-refractivity contribution in [1.29, 1.82) is 0 Å². The molecule has 0 aromatic carbocycles. The van der Waals surface area contributed by atoms with Crippen LogP contribution >= 0.6 is 23.5 Å². The molecule has 3 atom stereocenters. The van der Waals surface area contributed by atoms with Gasteiger partial charge >= 0.3 is 11.9 Å². The second-order valence-electron chi connectivity index (χ2n) is 13.2. The number of rotatable bonds is 25. The zero-order valence-electron chi connectivity index (χ0n) is 30.0. The first-order valence-electron chi connectivity index (χ1n) is 18.8. The van der Waals surface area contributed by atoms with Crippen molar-refractivity contribution in [3.05, 3.63) is 0 Å². The molecule has 3 unspecified atom stereocenters. The highest BCUT2D eigenvalue weighted by atomic mass is 32.2. The smallest absolute Gasteiger partial charge is 0.333 e. The summed E-state index contributed by atoms with van der Waals surface area (Å²) in [5, 5.41) is 44.2. The number of carboxylic acids is 2. The van der Waals surface area contributed by atoms with Crippen molar-refractivity contribution in [2.75, 3.05) is 62.3 Å². The van der Waals surface area contributed by atoms with Gasteiger partial charge in [0.25, 0.3) is 0 Å². The van der Waals surface area contributed by atoms with Crippen molar-refractivity contribution < 1.29 is 35.1 Å². The average Bonchev–Trinajstić information content (AvgIpc) is 3.05. The molecule has 2 fully saturated rings. The molecule has 0 radical (unpaired) electrons. The highest BCUT2D eigenvalue weighted by Gasteiger charge is 2.17. The van der Waals surface area contributed by atoms with Gasteiger partial charge < -0.3 is 35.3 Å². The molecule has 2 rings (SSSR count). The van der Waals surface area contributed by atoms with Gasteiger partial charge in [0.15, 0.2) is 6.10 Å². The van der Waals surface area contributed by atoms with Gasteiger partial charge in [-0.3, -0.25) is 4.79 Å². The molecule has 11 heteroatoms. The van der Waals surface area contributed by atoms with Gasteiger partial charge in [0.2, 0.25) is 0 Å². The lowest BCUT2D eigenvalue weighted by molar-refractivity contribution is -0.152. The fourth-order valence-electron chi connectivity index (χ4n) is 5.65. The van der Waals surface area contributed by atoms with Crippen molar-refractivity contribution >= 4 is 35.5 Å². The largest absolute Gasteiger partial charge is 0.481 e. The number of aliphatic hydroxyl groups excluding tert-OH is 3. The van der Waals surface area contributed by atoms with Crippen LogP contribution in [0.1, 0.15) is 136 Å². The average molecular weight is 709 g/mol. The summed E-state index contributed by atoms with van der Waals surface area (Å²) in [5.41, 5.74) is 0. The van der Waals surface area contributed by atoms with Gasteiger partial charge in [-0.1, -0.05) is 90.9 Å². The maximum atomic E-state index is 10.0. The Bertz CT molecular complexity index is 669. The fourth-order valence-corrected chi connectivity index (χ4v) is 7.55. The molecule has 0 aliphatic carbocycles. The summed E-state index contributed by atoms with van der Waals surface area (Å²) in [6, 6.07) is 0. The topological polar surface area (TPSA) is 142 Å². The Morgan fingerprint density at radius 3 is 1.26 bits per heavy atom. The summed E-state index contributed by atoms with van der Waals surface area (Å²) < 4.78 is 0. The molecule has 0 amide bonds. The van der Waals surface area contributed by atoms with Gasteiger partial charge in [0.1, 0.15) is 0 Å². The van der Waals surface area contributed by atoms with E-state index >= 15 is 0 Å². The molecule has 47 heavy (non-hydrogen) atoms. The molecule has 2 heterocycles. The second-order valence-corrected chi connectivity index (χ2v) is 15.5. The van der Waals surface area contributed by atoms with Gasteiger partial charge in [0, 0.05) is 24.6 Å². The molecule has 0 saturated carbocycles. The van der Waals surface area contributed by atoms with Crippen molar-refractivity contribution in [3.8, 4) is 0 Å². The summed E-state index contributed by atoms with van der Waals surface area (Å²) in [7, 11) is 0. The van der Waals surface area contributed by atoms with Crippen molar-refractivity contribution in [2.45, 2.75) is 154 Å². The van der Waals surface area contributed by atoms with E-state index < -0.39 is 24.5 Å². The monoisotopic (exact) mass is 708 g/mol. The first-order chi connectivity index (χ1) is 22.7. The molecular formula is C36H72N2O7S2. The van der Waals surface area contributed by atoms with Crippen LogP contribution in [0.25, 0.3) is 0 Å². The molecule has 280 valence electrons. The summed E-state index contributed by atoms with van der Waals surface area (Å²) in [6.07, 6.45) is 21.7. The van der Waals surface area contributed by atoms with Gasteiger partial charge in [-0.05, 0) is 76.2 Å². The number of aliphatic hydroxyl groups is 3. The summed E-state index contributed by atoms with van der Waals surface area (Å²) in [5.74, 6) is 1.45. The van der Waals surface area contributed by atoms with E-state index in [9.17, 15) is 19.8 Å². The molecular weight excluding hydrogens is 637 g/mol. The zero-order chi connectivity index (χ0) is 35.0. The lowest BCUT2D eigenvalue weighted by Gasteiger charge is -2.28. The first-order valence-corrected chi connectivity index (χ1v) is 21.1. The molecule has 0 spiro atoms. The second kappa shape index (κ2) is 33.9. The minimum absolute atomic E-state index is 0.122. The number of aliphatic carboxylic acids is 2. The minimum Gasteiger partial charge on any atom is -0.481 e. The maximum Gasteiger partial charge on any atom is 0.333 e. The van der Waals surface area contributed by atoms with Gasteiger partial charge in [0.05, 0.1) is 18.6 Å². The number of unbranched alkanes of at least 4 members (excludes halogenated alkanes) is 10. The minimum atomic E-state index is -1.79. The third-order valence-corrected chi connectivity index (χ3v) is 10.8. The predicted molar refractivity (Wildman–Crippen MR) is 200 cm³/mol. The quantitative estimate of drug-likeness (QED) is 0.0643. The van der Waals surface area contributed by atoms with E-state index in [1.165, 1.54) is 153 Å². The van der Waals surface area contributed by atoms with Gasteiger partial charge in [-0.2, -0.15) is 23.5 Å². The van der Waals surface area contributed by atoms with Crippen LogP contribution in [0.3, 0.4) is 0 Å². The van der Waals surface area contributed by atoms with Gasteiger partial charge in [-0.25, -0.2) is 4.79 Å². The van der Waals surface area contributed by atoms with Crippen LogP contribution in [-0.2, 0) is 9.59 Å². The van der Waals surface area contributed by atoms with Crippen molar-refractivity contribution in [2.24, 2.45) is 0 Å². The van der Waals surface area contributed by atoms with E-state index in [-0.39, 0.29) is 12.2 Å². The number of thioether (sulfide) groups is 2. The molecule has 5 N–H and O–H groups in total. The normalized spacial score (nSPS) is 17.5. The number of carboxylic acid groups (broad SMARTS) is 2. The van der Waals surface area contributed by atoms with E-state index in [2.05, 4.69) is 23.6 Å². The van der Waals surface area contributed by atoms with E-state index in [0.717, 1.165) is 24.6 Å². The molecule has 0 aromatic rings. The summed E-state index contributed by atoms with van der Waals surface area (Å²) in [6.45, 7) is 11.1. The standard InChI is InChI=1S/2C16H33NOS.C4H6O5/c2*1-2-3-4-5-6-10-13-19-15-16(18)14-17-11-8-7-9-12-17;5-2(4(8)9)1-3(6)7/h2*16,18H,2-15H2,1H3;2,5H,1H2,(H,6,7)(H,8,9). The first kappa shape index (κ1) is 46.4. The predicted octanol–water partition coefficient (Wildman–Crippen LogP) is 6.76. The summed E-state index contributed by atoms with van der Waals surface area (Å²) in [4.78, 5) is 24.3. The maximum absolute atomic E-state index is 10.0. The third-order valence-electron chi connectivity index (χ3n) is 8.39. The Labute approximate surface area is 296 Å². The highest BCUT2D eigenvalue weighted by Crippen LogP contribution is 2.15. The SMILES string of the molecule is CCCCCCCCSCC(O)CN1CCCCC1.CCCCCCCCSCC(O)CN1CCCCC1.O=C(O)CC(O)C(=O)O. The number of carbonyl (C=O) groups is 2. The van der Waals surface area contributed by atoms with E-state index in [1.54, 1.807) is 0 Å². The number of hydrogen-bond acceptors (Lipinski definition) is 9. The Balaban J connectivity index is 0.000000721. The van der Waals surface area contributed by atoms with Crippen LogP contribution in [0.2, 0.25) is 0 Å². The van der Waals surface area contributed by atoms with Crippen LogP contribution in [0.4, 0.5) is 0 Å². The van der Waals surface area contributed by atoms with Crippen LogP contribution in [0.5, 0.6) is 0 Å². The van der Waals surface area contributed by atoms with Crippen LogP contribution in [-0.4, -0.2) is 128 Å². The zero-order valence-corrected chi connectivity index (χ0v) is 31.6. The van der Waals surface area contributed by atoms with E-state index in [1.807, 2.05) is 23.5 Å². The molecule has 2 saturated heterocycles. The Morgan fingerprint density at radius 1 is 0.574 bits per heavy atom. The van der Waals surface area contributed by atoms with Crippen molar-refractivity contribution in [3.63, 3.8) is 0 Å². The molecule has 9 nitrogen and oxygen atoms in total. The number of nitrogens with zero attached hydrogens (tertiary/aromatic N) is 2. The lowest BCUT2D eigenvalue weighted by Crippen LogP contribution is -2.37. The van der Waals surface area contributed by atoms with Crippen LogP contribution in [0, 0.1) is 0 Å². The highest BCUT2D eigenvalue weighted by molar-refractivity contribution is 7.99. The third kappa shape index (κ3) is 32.4. The number of hydrogen-bond donors (Lipinski definition) is 5. The fraction of sp³-hybridized carbons (Fsp3) is 0.944.